The Labute approximate surface area is 94.3 Å². The summed E-state index contributed by atoms with van der Waals surface area (Å²) in [5, 5.41) is 11.6. The van der Waals surface area contributed by atoms with E-state index >= 15 is 0 Å². The van der Waals surface area contributed by atoms with Crippen molar-refractivity contribution >= 4 is 0 Å². The minimum atomic E-state index is 0.737. The van der Waals surface area contributed by atoms with E-state index in [1.165, 1.54) is 0 Å². The number of rotatable bonds is 3. The molecular weight excluding hydrogens is 200 g/mol. The maximum Gasteiger partial charge on any atom is 0.0835 e. The molecule has 2 aromatic rings. The van der Waals surface area contributed by atoms with Crippen molar-refractivity contribution in [3.63, 3.8) is 0 Å². The Kier molecular flexibility index (Phi) is 2.42. The average molecular weight is 214 g/mol. The van der Waals surface area contributed by atoms with E-state index in [-0.39, 0.29) is 0 Å². The topological polar surface area (TPSA) is 42.7 Å². The van der Waals surface area contributed by atoms with Crippen molar-refractivity contribution in [3.8, 4) is 5.69 Å². The predicted molar refractivity (Wildman–Crippen MR) is 61.4 cm³/mol. The van der Waals surface area contributed by atoms with Gasteiger partial charge in [-0.2, -0.15) is 0 Å². The first-order chi connectivity index (χ1) is 7.92. The zero-order chi connectivity index (χ0) is 10.8. The minimum absolute atomic E-state index is 0.737. The summed E-state index contributed by atoms with van der Waals surface area (Å²) in [7, 11) is 0. The highest BCUT2D eigenvalue weighted by Gasteiger charge is 2.18. The lowest BCUT2D eigenvalue weighted by Crippen LogP contribution is -2.43. The Hall–Kier alpha value is -1.68. The zero-order valence-electron chi connectivity index (χ0n) is 9.00. The van der Waals surface area contributed by atoms with Crippen molar-refractivity contribution < 1.29 is 0 Å². The third-order valence-corrected chi connectivity index (χ3v) is 2.93. The second kappa shape index (κ2) is 4.06. The lowest BCUT2D eigenvalue weighted by atomic mass is 9.98. The summed E-state index contributed by atoms with van der Waals surface area (Å²) < 4.78 is 1.83. The molecule has 1 fully saturated rings. The molecule has 0 saturated carbocycles. The summed E-state index contributed by atoms with van der Waals surface area (Å²) in [5.74, 6) is 0.737. The van der Waals surface area contributed by atoms with E-state index in [9.17, 15) is 0 Å². The Bertz CT molecular complexity index is 459. The van der Waals surface area contributed by atoms with E-state index in [0.29, 0.717) is 0 Å². The van der Waals surface area contributed by atoms with Crippen molar-refractivity contribution in [1.29, 1.82) is 0 Å². The van der Waals surface area contributed by atoms with Gasteiger partial charge in [0.15, 0.2) is 0 Å². The average Bonchev–Trinajstić information content (AvgIpc) is 2.73. The van der Waals surface area contributed by atoms with Crippen LogP contribution in [-0.4, -0.2) is 28.1 Å². The maximum absolute atomic E-state index is 4.20. The van der Waals surface area contributed by atoms with Crippen LogP contribution in [0.5, 0.6) is 0 Å². The molecule has 4 heteroatoms. The predicted octanol–water partition coefficient (Wildman–Crippen LogP) is 1.03. The van der Waals surface area contributed by atoms with Crippen LogP contribution >= 0.6 is 0 Å². The molecule has 4 nitrogen and oxygen atoms in total. The van der Waals surface area contributed by atoms with Crippen molar-refractivity contribution in [1.82, 2.24) is 20.3 Å². The van der Waals surface area contributed by atoms with Crippen molar-refractivity contribution in [2.75, 3.05) is 13.1 Å². The highest BCUT2D eigenvalue weighted by molar-refractivity contribution is 5.29. The molecule has 1 aromatic heterocycles. The lowest BCUT2D eigenvalue weighted by molar-refractivity contribution is 0.344. The smallest absolute Gasteiger partial charge is 0.0835 e. The monoisotopic (exact) mass is 214 g/mol. The van der Waals surface area contributed by atoms with Crippen LogP contribution in [0.25, 0.3) is 5.69 Å². The summed E-state index contributed by atoms with van der Waals surface area (Å²) >= 11 is 0. The van der Waals surface area contributed by atoms with Gasteiger partial charge in [0.2, 0.25) is 0 Å². The molecular formula is C12H14N4. The molecule has 0 amide bonds. The highest BCUT2D eigenvalue weighted by Crippen LogP contribution is 2.12. The van der Waals surface area contributed by atoms with Gasteiger partial charge in [0.1, 0.15) is 0 Å². The van der Waals surface area contributed by atoms with E-state index in [1.807, 2.05) is 41.2 Å². The first-order valence-electron chi connectivity index (χ1n) is 5.59. The van der Waals surface area contributed by atoms with Gasteiger partial charge < -0.3 is 5.32 Å². The van der Waals surface area contributed by atoms with Crippen LogP contribution in [0.2, 0.25) is 0 Å². The van der Waals surface area contributed by atoms with Crippen LogP contribution in [0.4, 0.5) is 0 Å². The molecule has 1 aliphatic rings. The van der Waals surface area contributed by atoms with Gasteiger partial charge in [-0.3, -0.25) is 0 Å². The van der Waals surface area contributed by atoms with Gasteiger partial charge in [-0.15, -0.1) is 5.10 Å². The summed E-state index contributed by atoms with van der Waals surface area (Å²) in [6, 6.07) is 10.1. The van der Waals surface area contributed by atoms with Gasteiger partial charge in [-0.25, -0.2) is 4.68 Å². The van der Waals surface area contributed by atoms with Gasteiger partial charge in [0.25, 0.3) is 0 Å². The standard InChI is InChI=1S/C12H14N4/c1-2-4-12(5-3-1)16-9-11(14-15-16)6-10-7-13-8-10/h1-5,9-10,13H,6-8H2. The Morgan fingerprint density at radius 1 is 1.25 bits per heavy atom. The molecule has 0 unspecified atom stereocenters. The summed E-state index contributed by atoms with van der Waals surface area (Å²) in [5.41, 5.74) is 2.14. The molecule has 0 radical (unpaired) electrons. The van der Waals surface area contributed by atoms with E-state index < -0.39 is 0 Å². The van der Waals surface area contributed by atoms with Crippen molar-refractivity contribution in [2.45, 2.75) is 6.42 Å². The molecule has 0 aliphatic carbocycles. The van der Waals surface area contributed by atoms with Crippen LogP contribution < -0.4 is 5.32 Å². The first kappa shape index (κ1) is 9.54. The quantitative estimate of drug-likeness (QED) is 0.829. The number of hydrogen-bond acceptors (Lipinski definition) is 3. The normalized spacial score (nSPS) is 16.0. The summed E-state index contributed by atoms with van der Waals surface area (Å²) in [6.07, 6.45) is 3.05. The fourth-order valence-electron chi connectivity index (χ4n) is 1.89. The van der Waals surface area contributed by atoms with E-state index in [1.54, 1.807) is 0 Å². The molecule has 16 heavy (non-hydrogen) atoms. The Balaban J connectivity index is 1.77. The number of aromatic nitrogens is 3. The molecule has 1 saturated heterocycles. The van der Waals surface area contributed by atoms with E-state index in [4.69, 9.17) is 0 Å². The Morgan fingerprint density at radius 2 is 2.06 bits per heavy atom. The van der Waals surface area contributed by atoms with Gasteiger partial charge in [0.05, 0.1) is 17.6 Å². The number of nitrogens with zero attached hydrogens (tertiary/aromatic N) is 3. The zero-order valence-corrected chi connectivity index (χ0v) is 9.00. The van der Waals surface area contributed by atoms with Gasteiger partial charge in [-0.05, 0) is 37.6 Å². The van der Waals surface area contributed by atoms with Crippen molar-refractivity contribution in [2.24, 2.45) is 5.92 Å². The molecule has 0 atom stereocenters. The summed E-state index contributed by atoms with van der Waals surface area (Å²) in [6.45, 7) is 2.22. The molecule has 0 bridgehead atoms. The molecule has 1 aliphatic heterocycles. The second-order valence-electron chi connectivity index (χ2n) is 4.22. The van der Waals surface area contributed by atoms with Gasteiger partial charge >= 0.3 is 0 Å². The Morgan fingerprint density at radius 3 is 2.75 bits per heavy atom. The highest BCUT2D eigenvalue weighted by atomic mass is 15.4. The van der Waals surface area contributed by atoms with Crippen molar-refractivity contribution in [3.05, 3.63) is 42.2 Å². The largest absolute Gasteiger partial charge is 0.316 e. The van der Waals surface area contributed by atoms with Crippen LogP contribution in [0.3, 0.4) is 0 Å². The number of benzene rings is 1. The lowest BCUT2D eigenvalue weighted by Gasteiger charge is -2.25. The van der Waals surface area contributed by atoms with Crippen LogP contribution in [-0.2, 0) is 6.42 Å². The molecule has 1 aromatic carbocycles. The van der Waals surface area contributed by atoms with E-state index in [0.717, 1.165) is 36.8 Å². The van der Waals surface area contributed by atoms with Crippen LogP contribution in [0.15, 0.2) is 36.5 Å². The second-order valence-corrected chi connectivity index (χ2v) is 4.22. The molecule has 2 heterocycles. The molecule has 1 N–H and O–H groups in total. The minimum Gasteiger partial charge on any atom is -0.316 e. The maximum atomic E-state index is 4.20. The van der Waals surface area contributed by atoms with Gasteiger partial charge in [-0.1, -0.05) is 23.4 Å². The SMILES string of the molecule is c1ccc(-n2cc(CC3CNC3)nn2)cc1. The fourth-order valence-corrected chi connectivity index (χ4v) is 1.89. The first-order valence-corrected chi connectivity index (χ1v) is 5.59. The number of hydrogen-bond donors (Lipinski definition) is 1. The number of para-hydroxylation sites is 1. The van der Waals surface area contributed by atoms with Crippen LogP contribution in [0.1, 0.15) is 5.69 Å². The summed E-state index contributed by atoms with van der Waals surface area (Å²) in [4.78, 5) is 0. The molecule has 82 valence electrons. The fraction of sp³-hybridized carbons (Fsp3) is 0.333. The third-order valence-electron chi connectivity index (χ3n) is 2.93. The number of nitrogens with one attached hydrogen (secondary N) is 1. The molecule has 3 rings (SSSR count). The van der Waals surface area contributed by atoms with Gasteiger partial charge in [0, 0.05) is 0 Å². The van der Waals surface area contributed by atoms with E-state index in [2.05, 4.69) is 15.6 Å². The van der Waals surface area contributed by atoms with Crippen LogP contribution in [0, 0.1) is 5.92 Å². The molecule has 0 spiro atoms. The third kappa shape index (κ3) is 1.84.